The molecule has 126 valence electrons. The van der Waals surface area contributed by atoms with E-state index in [1.165, 1.54) is 5.56 Å². The maximum absolute atomic E-state index is 5.44. The average molecular weight is 316 g/mol. The molecule has 0 bridgehead atoms. The van der Waals surface area contributed by atoms with Crippen LogP contribution in [0.1, 0.15) is 40.5 Å². The van der Waals surface area contributed by atoms with Gasteiger partial charge in [-0.1, -0.05) is 22.3 Å². The third-order valence-corrected chi connectivity index (χ3v) is 3.15. The minimum atomic E-state index is 0. The number of pyridine rings is 2. The third kappa shape index (κ3) is 4.81. The molecule has 0 N–H and O–H groups in total. The van der Waals surface area contributed by atoms with Crippen molar-refractivity contribution in [3.05, 3.63) is 54.3 Å². The van der Waals surface area contributed by atoms with Crippen LogP contribution in [-0.4, -0.2) is 16.1 Å². The van der Waals surface area contributed by atoms with E-state index in [1.807, 2.05) is 25.1 Å². The minimum absolute atomic E-state index is 0. The van der Waals surface area contributed by atoms with E-state index in [4.69, 9.17) is 9.15 Å². The van der Waals surface area contributed by atoms with E-state index in [2.05, 4.69) is 16.9 Å². The first-order valence-electron chi connectivity index (χ1n) is 6.62. The van der Waals surface area contributed by atoms with Crippen LogP contribution in [0.25, 0.3) is 11.0 Å². The molecule has 23 heavy (non-hydrogen) atoms. The van der Waals surface area contributed by atoms with Crippen molar-refractivity contribution in [1.29, 1.82) is 0 Å². The Morgan fingerprint density at radius 1 is 1.04 bits per heavy atom. The van der Waals surface area contributed by atoms with Crippen molar-refractivity contribution in [2.24, 2.45) is 0 Å². The van der Waals surface area contributed by atoms with E-state index in [9.17, 15) is 0 Å². The van der Waals surface area contributed by atoms with Crippen molar-refractivity contribution in [2.75, 3.05) is 0 Å². The van der Waals surface area contributed by atoms with Crippen molar-refractivity contribution in [2.45, 2.75) is 48.7 Å². The molecule has 0 aliphatic carbocycles. The highest BCUT2D eigenvalue weighted by Crippen LogP contribution is 2.26. The first kappa shape index (κ1) is 20.6. The number of aryl methyl sites for hydroxylation is 1. The molecule has 0 fully saturated rings. The molecular formula is C19H28N2O2. The Morgan fingerprint density at radius 2 is 1.74 bits per heavy atom. The normalized spacial score (nSPS) is 14.1. The van der Waals surface area contributed by atoms with Crippen LogP contribution in [0.5, 0.6) is 5.75 Å². The van der Waals surface area contributed by atoms with E-state index in [0.29, 0.717) is 6.10 Å². The smallest absolute Gasteiger partial charge is 0.152 e. The quantitative estimate of drug-likeness (QED) is 0.553. The molecular weight excluding hydrogens is 288 g/mol. The van der Waals surface area contributed by atoms with Crippen LogP contribution in [-0.2, 0) is 6.42 Å². The van der Waals surface area contributed by atoms with Crippen LogP contribution in [0.3, 0.4) is 0 Å². The zero-order chi connectivity index (χ0) is 13.9. The fraction of sp³-hybridized carbons (Fsp3) is 0.368. The van der Waals surface area contributed by atoms with E-state index in [-0.39, 0.29) is 22.3 Å². The molecule has 0 saturated carbocycles. The maximum atomic E-state index is 5.44. The third-order valence-electron chi connectivity index (χ3n) is 3.15. The van der Waals surface area contributed by atoms with Crippen LogP contribution >= 0.6 is 0 Å². The molecule has 4 rings (SSSR count). The van der Waals surface area contributed by atoms with Gasteiger partial charge >= 0.3 is 0 Å². The second kappa shape index (κ2) is 8.93. The van der Waals surface area contributed by atoms with Gasteiger partial charge in [0.15, 0.2) is 5.58 Å². The van der Waals surface area contributed by atoms with E-state index in [1.54, 1.807) is 24.8 Å². The molecule has 1 atom stereocenters. The van der Waals surface area contributed by atoms with Gasteiger partial charge in [0.05, 0.1) is 12.4 Å². The molecule has 1 aliphatic heterocycles. The fourth-order valence-corrected chi connectivity index (χ4v) is 2.27. The minimum Gasteiger partial charge on any atom is -0.488 e. The lowest BCUT2D eigenvalue weighted by Gasteiger charge is -2.00. The highest BCUT2D eigenvalue weighted by molar-refractivity contribution is 5.76. The first-order valence-corrected chi connectivity index (χ1v) is 6.62. The monoisotopic (exact) mass is 316 g/mol. The summed E-state index contributed by atoms with van der Waals surface area (Å²) in [7, 11) is 0. The summed E-state index contributed by atoms with van der Waals surface area (Å²) in [5, 5.41) is 1.12. The van der Waals surface area contributed by atoms with Crippen LogP contribution in [0, 0.1) is 6.92 Å². The largest absolute Gasteiger partial charge is 0.488 e. The first-order chi connectivity index (χ1) is 9.72. The number of furan rings is 1. The lowest BCUT2D eigenvalue weighted by Crippen LogP contribution is -2.05. The Hall–Kier alpha value is -2.36. The van der Waals surface area contributed by atoms with Gasteiger partial charge in [-0.05, 0) is 32.0 Å². The van der Waals surface area contributed by atoms with Crippen LogP contribution in [0.2, 0.25) is 0 Å². The predicted molar refractivity (Wildman–Crippen MR) is 97.0 cm³/mol. The van der Waals surface area contributed by atoms with E-state index in [0.717, 1.165) is 28.9 Å². The summed E-state index contributed by atoms with van der Waals surface area (Å²) < 4.78 is 10.7. The lowest BCUT2D eigenvalue weighted by molar-refractivity contribution is 0.254. The topological polar surface area (TPSA) is 48.2 Å². The molecule has 4 nitrogen and oxygen atoms in total. The van der Waals surface area contributed by atoms with Gasteiger partial charge in [-0.25, -0.2) is 0 Å². The number of aromatic nitrogens is 2. The Bertz CT molecular complexity index is 664. The molecule has 3 aromatic rings. The van der Waals surface area contributed by atoms with Gasteiger partial charge in [-0.2, -0.15) is 0 Å². The molecule has 1 aliphatic rings. The summed E-state index contributed by atoms with van der Waals surface area (Å²) in [4.78, 5) is 7.90. The SMILES string of the molecule is C.C.C.CC1Cc2ccncc2O1.Cc1cc2ccncc2o1. The Balaban J connectivity index is 0.000000372. The van der Waals surface area contributed by atoms with Gasteiger partial charge in [0.1, 0.15) is 17.6 Å². The summed E-state index contributed by atoms with van der Waals surface area (Å²) in [6.07, 6.45) is 8.43. The van der Waals surface area contributed by atoms with Gasteiger partial charge in [-0.3, -0.25) is 9.97 Å². The molecule has 0 amide bonds. The standard InChI is InChI=1S/C8H9NO.C8H7NO.3CH4/c2*1-6-4-7-2-3-9-5-8(7)10-6;;;/h2-3,5-6H,4H2,1H3;2-5H,1H3;3*1H4. The highest BCUT2D eigenvalue weighted by Gasteiger charge is 2.17. The predicted octanol–water partition coefficient (Wildman–Crippen LogP) is 5.45. The number of nitrogens with zero attached hydrogens (tertiary/aromatic N) is 2. The molecule has 3 aromatic heterocycles. The van der Waals surface area contributed by atoms with Crippen molar-refractivity contribution < 1.29 is 9.15 Å². The van der Waals surface area contributed by atoms with E-state index < -0.39 is 0 Å². The van der Waals surface area contributed by atoms with Crippen molar-refractivity contribution in [3.63, 3.8) is 0 Å². The lowest BCUT2D eigenvalue weighted by atomic mass is 10.2. The molecule has 4 heterocycles. The fourth-order valence-electron chi connectivity index (χ4n) is 2.27. The molecule has 1 unspecified atom stereocenters. The van der Waals surface area contributed by atoms with Crippen molar-refractivity contribution in [3.8, 4) is 5.75 Å². The number of ether oxygens (including phenoxy) is 1. The number of hydrogen-bond acceptors (Lipinski definition) is 4. The molecule has 0 aromatic carbocycles. The zero-order valence-electron chi connectivity index (χ0n) is 11.5. The van der Waals surface area contributed by atoms with Crippen LogP contribution < -0.4 is 4.74 Å². The molecule has 0 radical (unpaired) electrons. The summed E-state index contributed by atoms with van der Waals surface area (Å²) >= 11 is 0. The van der Waals surface area contributed by atoms with Crippen molar-refractivity contribution >= 4 is 11.0 Å². The summed E-state index contributed by atoms with van der Waals surface area (Å²) in [5.74, 6) is 1.89. The van der Waals surface area contributed by atoms with Gasteiger partial charge in [0.2, 0.25) is 0 Å². The zero-order valence-corrected chi connectivity index (χ0v) is 11.5. The highest BCUT2D eigenvalue weighted by atomic mass is 16.5. The summed E-state index contributed by atoms with van der Waals surface area (Å²) in [6, 6.07) is 5.95. The summed E-state index contributed by atoms with van der Waals surface area (Å²) in [5.41, 5.74) is 2.14. The number of fused-ring (bicyclic) bond motifs is 2. The van der Waals surface area contributed by atoms with Gasteiger partial charge in [-0.15, -0.1) is 0 Å². The molecule has 0 spiro atoms. The van der Waals surface area contributed by atoms with Gasteiger partial charge in [0.25, 0.3) is 0 Å². The van der Waals surface area contributed by atoms with Crippen LogP contribution in [0.15, 0.2) is 47.4 Å². The second-order valence-corrected chi connectivity index (χ2v) is 4.89. The van der Waals surface area contributed by atoms with Crippen molar-refractivity contribution in [1.82, 2.24) is 9.97 Å². The Kier molecular flexibility index (Phi) is 8.02. The Morgan fingerprint density at radius 3 is 2.43 bits per heavy atom. The molecule has 4 heteroatoms. The number of rotatable bonds is 0. The van der Waals surface area contributed by atoms with Gasteiger partial charge in [0, 0.05) is 29.8 Å². The Labute approximate surface area is 139 Å². The van der Waals surface area contributed by atoms with Gasteiger partial charge < -0.3 is 9.15 Å². The maximum Gasteiger partial charge on any atom is 0.152 e. The molecule has 0 saturated heterocycles. The van der Waals surface area contributed by atoms with Crippen LogP contribution in [0.4, 0.5) is 0 Å². The second-order valence-electron chi connectivity index (χ2n) is 4.89. The van der Waals surface area contributed by atoms with E-state index >= 15 is 0 Å². The summed E-state index contributed by atoms with van der Waals surface area (Å²) in [6.45, 7) is 4.00. The average Bonchev–Trinajstić information content (AvgIpc) is 2.99. The number of hydrogen-bond donors (Lipinski definition) is 0.